The average Bonchev–Trinajstić information content (AvgIpc) is 3.10. The molecule has 1 aromatic carbocycles. The van der Waals surface area contributed by atoms with Crippen LogP contribution in [-0.2, 0) is 21.4 Å². The van der Waals surface area contributed by atoms with Gasteiger partial charge in [0.25, 0.3) is 0 Å². The maximum Gasteiger partial charge on any atom is 1.00 e. The molecule has 0 saturated heterocycles. The molecule has 3 aromatic heterocycles. The Balaban J connectivity index is 0.00000324. The SMILES string of the molecule is CCC(=O)[N-]S(=O)(=O)c1cc(F)c(Cn2c(=O)[nH]c3cnc4nc(OC)ccc4c32)c(F)c1.[Na+]. The standard InChI is InChI=1S/C20H17F2N5O5S.Na/c1-3-16(28)26-33(30,31)10-6-13(21)12(14(22)7-10)9-27-18-11-4-5-17(32-2)25-19(11)23-8-15(18)24-20(27)29;/h4-8H,3,9H2,1-2H3,(H2,24,26,28,29);/q;+1/p-1. The number of aromatic nitrogens is 4. The molecule has 10 nitrogen and oxygen atoms in total. The van der Waals surface area contributed by atoms with Crippen molar-refractivity contribution in [2.45, 2.75) is 24.8 Å². The first-order valence-corrected chi connectivity index (χ1v) is 11.0. The normalized spacial score (nSPS) is 11.4. The van der Waals surface area contributed by atoms with E-state index in [2.05, 4.69) is 19.7 Å². The van der Waals surface area contributed by atoms with Gasteiger partial charge in [-0.1, -0.05) is 6.92 Å². The summed E-state index contributed by atoms with van der Waals surface area (Å²) < 4.78 is 63.1. The number of fused-ring (bicyclic) bond motifs is 3. The maximum atomic E-state index is 14.8. The number of nitrogens with one attached hydrogen (secondary N) is 1. The number of halogens is 2. The summed E-state index contributed by atoms with van der Waals surface area (Å²) >= 11 is 0. The summed E-state index contributed by atoms with van der Waals surface area (Å²) in [4.78, 5) is 34.0. The monoisotopic (exact) mass is 499 g/mol. The second-order valence-electron chi connectivity index (χ2n) is 6.94. The minimum atomic E-state index is -4.58. The molecule has 0 spiro atoms. The third-order valence-corrected chi connectivity index (χ3v) is 6.17. The van der Waals surface area contributed by atoms with E-state index < -0.39 is 50.3 Å². The topological polar surface area (TPSA) is 138 Å². The Hall–Kier alpha value is -2.87. The molecule has 1 N–H and O–H groups in total. The Kier molecular flexibility index (Phi) is 7.41. The number of methoxy groups -OCH3 is 1. The maximum absolute atomic E-state index is 14.8. The number of rotatable bonds is 6. The predicted molar refractivity (Wildman–Crippen MR) is 114 cm³/mol. The number of hydrogen-bond acceptors (Lipinski definition) is 7. The first-order valence-electron chi connectivity index (χ1n) is 9.55. The van der Waals surface area contributed by atoms with Crippen LogP contribution in [-0.4, -0.2) is 41.0 Å². The van der Waals surface area contributed by atoms with Gasteiger partial charge in [-0.05, 0) is 24.6 Å². The molecule has 34 heavy (non-hydrogen) atoms. The van der Waals surface area contributed by atoms with Gasteiger partial charge in [0.05, 0.1) is 41.7 Å². The van der Waals surface area contributed by atoms with Crippen LogP contribution in [0.2, 0.25) is 0 Å². The van der Waals surface area contributed by atoms with Crippen LogP contribution in [0.25, 0.3) is 26.8 Å². The minimum Gasteiger partial charge on any atom is -0.542 e. The van der Waals surface area contributed by atoms with E-state index in [0.717, 1.165) is 4.57 Å². The number of imidazole rings is 1. The summed E-state index contributed by atoms with van der Waals surface area (Å²) in [6.07, 6.45) is 1.17. The molecule has 14 heteroatoms. The van der Waals surface area contributed by atoms with Crippen molar-refractivity contribution in [3.63, 3.8) is 0 Å². The molecule has 0 radical (unpaired) electrons. The third kappa shape index (κ3) is 4.69. The molecule has 0 fully saturated rings. The number of sulfonamides is 1. The first-order chi connectivity index (χ1) is 15.6. The van der Waals surface area contributed by atoms with E-state index in [1.807, 2.05) is 0 Å². The van der Waals surface area contributed by atoms with Crippen molar-refractivity contribution in [2.24, 2.45) is 0 Å². The van der Waals surface area contributed by atoms with Crippen molar-refractivity contribution in [1.82, 2.24) is 19.5 Å². The average molecular weight is 499 g/mol. The van der Waals surface area contributed by atoms with E-state index in [1.54, 1.807) is 12.1 Å². The van der Waals surface area contributed by atoms with Gasteiger partial charge >= 0.3 is 35.2 Å². The largest absolute Gasteiger partial charge is 1.00 e. The van der Waals surface area contributed by atoms with Crippen LogP contribution in [0.3, 0.4) is 0 Å². The predicted octanol–water partition coefficient (Wildman–Crippen LogP) is -0.389. The van der Waals surface area contributed by atoms with Crippen LogP contribution in [0.4, 0.5) is 8.78 Å². The third-order valence-electron chi connectivity index (χ3n) is 4.89. The second kappa shape index (κ2) is 9.78. The molecular formula is C20H16F2N5NaO5S. The van der Waals surface area contributed by atoms with Crippen LogP contribution < -0.4 is 40.0 Å². The van der Waals surface area contributed by atoms with E-state index in [4.69, 9.17) is 4.74 Å². The zero-order valence-electron chi connectivity index (χ0n) is 18.3. The summed E-state index contributed by atoms with van der Waals surface area (Å²) in [5.74, 6) is -3.09. The number of amides is 1. The Bertz CT molecular complexity index is 1560. The smallest absolute Gasteiger partial charge is 0.542 e. The van der Waals surface area contributed by atoms with Crippen molar-refractivity contribution < 1.29 is 56.3 Å². The van der Waals surface area contributed by atoms with Crippen LogP contribution in [0.15, 0.2) is 40.2 Å². The summed E-state index contributed by atoms with van der Waals surface area (Å²) in [5, 5.41) is 0.434. The molecule has 1 amide bonds. The molecule has 0 bridgehead atoms. The Morgan fingerprint density at radius 3 is 2.53 bits per heavy atom. The van der Waals surface area contributed by atoms with Crippen molar-refractivity contribution in [3.8, 4) is 5.88 Å². The number of aromatic amines is 1. The van der Waals surface area contributed by atoms with Crippen LogP contribution in [0.5, 0.6) is 5.88 Å². The molecule has 0 aliphatic rings. The fourth-order valence-corrected chi connectivity index (χ4v) is 4.27. The molecule has 0 unspecified atom stereocenters. The fourth-order valence-electron chi connectivity index (χ4n) is 3.27. The van der Waals surface area contributed by atoms with E-state index in [1.165, 1.54) is 20.2 Å². The van der Waals surface area contributed by atoms with Gasteiger partial charge in [0.1, 0.15) is 21.7 Å². The molecule has 3 heterocycles. The molecule has 4 rings (SSSR count). The van der Waals surface area contributed by atoms with Gasteiger partial charge in [0, 0.05) is 17.0 Å². The van der Waals surface area contributed by atoms with Gasteiger partial charge in [-0.2, -0.15) is 4.98 Å². The Morgan fingerprint density at radius 2 is 1.91 bits per heavy atom. The van der Waals surface area contributed by atoms with Gasteiger partial charge in [0.15, 0.2) is 5.65 Å². The number of carbonyl (C=O) groups excluding carboxylic acids is 1. The second-order valence-corrected chi connectivity index (χ2v) is 8.54. The number of H-pyrrole nitrogens is 1. The van der Waals surface area contributed by atoms with Crippen LogP contribution in [0.1, 0.15) is 18.9 Å². The van der Waals surface area contributed by atoms with Gasteiger partial charge in [-0.15, -0.1) is 0 Å². The number of benzene rings is 1. The van der Waals surface area contributed by atoms with Gasteiger partial charge in [-0.3, -0.25) is 4.57 Å². The number of pyridine rings is 2. The molecule has 0 saturated carbocycles. The number of carbonyl (C=O) groups is 1. The number of ether oxygens (including phenoxy) is 1. The van der Waals surface area contributed by atoms with E-state index >= 15 is 0 Å². The summed E-state index contributed by atoms with van der Waals surface area (Å²) in [5.41, 5.74) is -0.339. The van der Waals surface area contributed by atoms with E-state index in [0.29, 0.717) is 34.4 Å². The van der Waals surface area contributed by atoms with E-state index in [9.17, 15) is 26.8 Å². The molecule has 4 aromatic rings. The first kappa shape index (κ1) is 25.7. The molecule has 172 valence electrons. The van der Waals surface area contributed by atoms with Crippen molar-refractivity contribution in [3.05, 3.63) is 62.9 Å². The Morgan fingerprint density at radius 1 is 1.24 bits per heavy atom. The van der Waals surface area contributed by atoms with Gasteiger partial charge in [0.2, 0.25) is 5.88 Å². The molecule has 0 aliphatic carbocycles. The van der Waals surface area contributed by atoms with Crippen molar-refractivity contribution >= 4 is 38.0 Å². The molecular weight excluding hydrogens is 483 g/mol. The van der Waals surface area contributed by atoms with Gasteiger partial charge < -0.3 is 19.2 Å². The van der Waals surface area contributed by atoms with Gasteiger partial charge in [-0.25, -0.2) is 27.0 Å². The zero-order valence-corrected chi connectivity index (χ0v) is 21.1. The number of hydrogen-bond donors (Lipinski definition) is 1. The van der Waals surface area contributed by atoms with Crippen LogP contribution in [0, 0.1) is 11.6 Å². The van der Waals surface area contributed by atoms with Crippen molar-refractivity contribution in [2.75, 3.05) is 7.11 Å². The van der Waals surface area contributed by atoms with Crippen molar-refractivity contribution in [1.29, 1.82) is 0 Å². The summed E-state index contributed by atoms with van der Waals surface area (Å²) in [6.45, 7) is 0.850. The minimum absolute atomic E-state index is 0. The summed E-state index contributed by atoms with van der Waals surface area (Å²) in [6, 6.07) is 4.28. The molecule has 0 atom stereocenters. The summed E-state index contributed by atoms with van der Waals surface area (Å²) in [7, 11) is -3.15. The zero-order chi connectivity index (χ0) is 23.9. The quantitative estimate of drug-likeness (QED) is 0.357. The Labute approximate surface area is 213 Å². The molecule has 0 aliphatic heterocycles. The fraction of sp³-hybridized carbons (Fsp3) is 0.200. The number of nitrogens with zero attached hydrogens (tertiary/aromatic N) is 4. The van der Waals surface area contributed by atoms with Crippen LogP contribution >= 0.6 is 0 Å². The van der Waals surface area contributed by atoms with E-state index in [-0.39, 0.29) is 41.6 Å².